The predicted molar refractivity (Wildman–Crippen MR) is 67.9 cm³/mol. The molecule has 2 aromatic rings. The summed E-state index contributed by atoms with van der Waals surface area (Å²) >= 11 is 0. The number of fused-ring (bicyclic) bond motifs is 3. The van der Waals surface area contributed by atoms with Crippen molar-refractivity contribution < 1.29 is 9.53 Å². The van der Waals surface area contributed by atoms with Crippen molar-refractivity contribution in [3.63, 3.8) is 0 Å². The van der Waals surface area contributed by atoms with E-state index in [-0.39, 0.29) is 5.56 Å². The highest BCUT2D eigenvalue weighted by Gasteiger charge is 2.18. The van der Waals surface area contributed by atoms with Crippen LogP contribution in [0.25, 0.3) is 10.9 Å². The van der Waals surface area contributed by atoms with Gasteiger partial charge in [-0.05, 0) is 37.0 Å². The monoisotopic (exact) mass is 243 g/mol. The number of carbonyl (C=O) groups is 1. The van der Waals surface area contributed by atoms with Gasteiger partial charge in [0.15, 0.2) is 0 Å². The lowest BCUT2D eigenvalue weighted by Crippen LogP contribution is -2.13. The second-order valence-electron chi connectivity index (χ2n) is 4.52. The van der Waals surface area contributed by atoms with Gasteiger partial charge in [-0.15, -0.1) is 0 Å². The van der Waals surface area contributed by atoms with E-state index in [0.717, 1.165) is 35.8 Å². The van der Waals surface area contributed by atoms with Crippen molar-refractivity contribution in [2.45, 2.75) is 19.3 Å². The van der Waals surface area contributed by atoms with E-state index < -0.39 is 5.97 Å². The Labute approximate surface area is 104 Å². The van der Waals surface area contributed by atoms with E-state index in [2.05, 4.69) is 9.72 Å². The van der Waals surface area contributed by atoms with Gasteiger partial charge in [-0.1, -0.05) is 6.07 Å². The Morgan fingerprint density at radius 2 is 2.06 bits per heavy atom. The van der Waals surface area contributed by atoms with Crippen LogP contribution in [0.1, 0.15) is 27.9 Å². The molecule has 0 saturated carbocycles. The van der Waals surface area contributed by atoms with Crippen molar-refractivity contribution in [1.29, 1.82) is 0 Å². The number of methoxy groups -OCH3 is 1. The Hall–Kier alpha value is -2.10. The maximum Gasteiger partial charge on any atom is 0.337 e. The van der Waals surface area contributed by atoms with E-state index in [1.54, 1.807) is 12.1 Å². The Morgan fingerprint density at radius 3 is 2.83 bits per heavy atom. The summed E-state index contributed by atoms with van der Waals surface area (Å²) in [6.45, 7) is 0. The van der Waals surface area contributed by atoms with Gasteiger partial charge in [-0.25, -0.2) is 4.79 Å². The van der Waals surface area contributed by atoms with Crippen molar-refractivity contribution >= 4 is 16.9 Å². The molecule has 0 spiro atoms. The molecular weight excluding hydrogens is 230 g/mol. The highest BCUT2D eigenvalue weighted by molar-refractivity contribution is 5.95. The Balaban J connectivity index is 2.28. The van der Waals surface area contributed by atoms with Gasteiger partial charge in [0.05, 0.1) is 12.7 Å². The SMILES string of the molecule is COC(=O)c1ccc2c3c(c(=O)[nH]c2c1)CCC3. The second-order valence-corrected chi connectivity index (χ2v) is 4.52. The standard InChI is InChI=1S/C14H13NO3/c1-18-14(17)8-5-6-10-9-3-2-4-11(9)13(16)15-12(10)7-8/h5-7H,2-4H2,1H3,(H,15,16). The number of pyridine rings is 1. The summed E-state index contributed by atoms with van der Waals surface area (Å²) in [6.07, 6.45) is 2.81. The number of carbonyl (C=O) groups excluding carboxylic acids is 1. The van der Waals surface area contributed by atoms with Crippen LogP contribution in [-0.2, 0) is 17.6 Å². The first-order chi connectivity index (χ1) is 8.70. The number of nitrogens with one attached hydrogen (secondary N) is 1. The van der Waals surface area contributed by atoms with Crippen LogP contribution in [-0.4, -0.2) is 18.1 Å². The molecule has 1 heterocycles. The molecule has 1 N–H and O–H groups in total. The summed E-state index contributed by atoms with van der Waals surface area (Å²) < 4.78 is 4.68. The normalized spacial score (nSPS) is 13.6. The molecule has 0 unspecified atom stereocenters. The highest BCUT2D eigenvalue weighted by Crippen LogP contribution is 2.26. The first-order valence-electron chi connectivity index (χ1n) is 5.97. The molecule has 3 rings (SSSR count). The molecule has 0 amide bonds. The molecule has 0 aliphatic heterocycles. The molecule has 1 aliphatic rings. The molecule has 1 aliphatic carbocycles. The summed E-state index contributed by atoms with van der Waals surface area (Å²) in [5.74, 6) is -0.391. The van der Waals surface area contributed by atoms with Crippen LogP contribution in [0.4, 0.5) is 0 Å². The molecule has 0 atom stereocenters. The molecule has 1 aromatic carbocycles. The fourth-order valence-electron chi connectivity index (χ4n) is 2.64. The van der Waals surface area contributed by atoms with Crippen LogP contribution in [0.2, 0.25) is 0 Å². The zero-order valence-corrected chi connectivity index (χ0v) is 10.1. The second kappa shape index (κ2) is 3.98. The molecule has 18 heavy (non-hydrogen) atoms. The summed E-state index contributed by atoms with van der Waals surface area (Å²) in [5, 5.41) is 1.04. The largest absolute Gasteiger partial charge is 0.465 e. The van der Waals surface area contributed by atoms with E-state index in [4.69, 9.17) is 0 Å². The van der Waals surface area contributed by atoms with E-state index in [0.29, 0.717) is 11.1 Å². The summed E-state index contributed by atoms with van der Waals surface area (Å²) in [5.41, 5.74) is 3.16. The number of hydrogen-bond donors (Lipinski definition) is 1. The summed E-state index contributed by atoms with van der Waals surface area (Å²) in [7, 11) is 1.35. The molecule has 4 heteroatoms. The summed E-state index contributed by atoms with van der Waals surface area (Å²) in [6, 6.07) is 5.31. The van der Waals surface area contributed by atoms with Crippen LogP contribution in [0.5, 0.6) is 0 Å². The average molecular weight is 243 g/mol. The molecule has 0 fully saturated rings. The minimum Gasteiger partial charge on any atom is -0.465 e. The number of H-pyrrole nitrogens is 1. The molecule has 0 saturated heterocycles. The van der Waals surface area contributed by atoms with Crippen molar-refractivity contribution in [2.24, 2.45) is 0 Å². The number of aromatic amines is 1. The lowest BCUT2D eigenvalue weighted by Gasteiger charge is -2.06. The predicted octanol–water partition coefficient (Wildman–Crippen LogP) is 1.80. The van der Waals surface area contributed by atoms with Crippen LogP contribution in [0.15, 0.2) is 23.0 Å². The minimum absolute atomic E-state index is 0.0305. The third kappa shape index (κ3) is 1.53. The molecule has 4 nitrogen and oxygen atoms in total. The van der Waals surface area contributed by atoms with Crippen LogP contribution in [0, 0.1) is 0 Å². The Morgan fingerprint density at radius 1 is 1.28 bits per heavy atom. The van der Waals surface area contributed by atoms with Gasteiger partial charge in [0.25, 0.3) is 5.56 Å². The van der Waals surface area contributed by atoms with Crippen LogP contribution < -0.4 is 5.56 Å². The number of aromatic nitrogens is 1. The topological polar surface area (TPSA) is 59.2 Å². The third-order valence-electron chi connectivity index (χ3n) is 3.51. The molecule has 0 bridgehead atoms. The average Bonchev–Trinajstić information content (AvgIpc) is 2.87. The quantitative estimate of drug-likeness (QED) is 0.777. The maximum absolute atomic E-state index is 11.9. The third-order valence-corrected chi connectivity index (χ3v) is 3.51. The number of esters is 1. The lowest BCUT2D eigenvalue weighted by molar-refractivity contribution is 0.0601. The smallest absolute Gasteiger partial charge is 0.337 e. The van der Waals surface area contributed by atoms with E-state index in [1.807, 2.05) is 6.07 Å². The molecule has 92 valence electrons. The van der Waals surface area contributed by atoms with Gasteiger partial charge in [0, 0.05) is 16.5 Å². The van der Waals surface area contributed by atoms with Gasteiger partial charge in [0.2, 0.25) is 0 Å². The van der Waals surface area contributed by atoms with Gasteiger partial charge < -0.3 is 9.72 Å². The lowest BCUT2D eigenvalue weighted by atomic mass is 10.0. The fraction of sp³-hybridized carbons (Fsp3) is 0.286. The number of benzene rings is 1. The number of ether oxygens (including phenoxy) is 1. The van der Waals surface area contributed by atoms with E-state index in [9.17, 15) is 9.59 Å². The highest BCUT2D eigenvalue weighted by atomic mass is 16.5. The van der Waals surface area contributed by atoms with E-state index in [1.165, 1.54) is 7.11 Å². The zero-order chi connectivity index (χ0) is 12.7. The number of aryl methyl sites for hydroxylation is 1. The van der Waals surface area contributed by atoms with Crippen molar-refractivity contribution in [1.82, 2.24) is 4.98 Å². The first kappa shape index (κ1) is 11.0. The first-order valence-corrected chi connectivity index (χ1v) is 5.97. The van der Waals surface area contributed by atoms with Crippen molar-refractivity contribution in [3.05, 3.63) is 45.2 Å². The minimum atomic E-state index is -0.391. The Bertz CT molecular complexity index is 700. The summed E-state index contributed by atoms with van der Waals surface area (Å²) in [4.78, 5) is 26.2. The van der Waals surface area contributed by atoms with Crippen LogP contribution in [0.3, 0.4) is 0 Å². The van der Waals surface area contributed by atoms with Gasteiger partial charge >= 0.3 is 5.97 Å². The Kier molecular flexibility index (Phi) is 2.44. The van der Waals surface area contributed by atoms with Gasteiger partial charge in [-0.2, -0.15) is 0 Å². The van der Waals surface area contributed by atoms with Crippen molar-refractivity contribution in [3.8, 4) is 0 Å². The van der Waals surface area contributed by atoms with Crippen LogP contribution >= 0.6 is 0 Å². The van der Waals surface area contributed by atoms with Gasteiger partial charge in [0.1, 0.15) is 0 Å². The van der Waals surface area contributed by atoms with E-state index >= 15 is 0 Å². The molecular formula is C14H13NO3. The van der Waals surface area contributed by atoms with Gasteiger partial charge in [-0.3, -0.25) is 4.79 Å². The maximum atomic E-state index is 11.9. The molecule has 1 aromatic heterocycles. The van der Waals surface area contributed by atoms with Crippen molar-refractivity contribution in [2.75, 3.05) is 7.11 Å². The fourth-order valence-corrected chi connectivity index (χ4v) is 2.64. The number of hydrogen-bond acceptors (Lipinski definition) is 3. The zero-order valence-electron chi connectivity index (χ0n) is 10.1. The molecule has 0 radical (unpaired) electrons. The number of rotatable bonds is 1.